The predicted molar refractivity (Wildman–Crippen MR) is 30.1 cm³/mol. The molecule has 0 saturated carbocycles. The number of rotatable bonds is 0. The van der Waals surface area contributed by atoms with E-state index in [0.29, 0.717) is 0 Å². The molecule has 0 aromatic heterocycles. The van der Waals surface area contributed by atoms with Gasteiger partial charge in [0.25, 0.3) is 0 Å². The largest absolute Gasteiger partial charge is 3.00 e. The maximum Gasteiger partial charge on any atom is 3.00 e. The van der Waals surface area contributed by atoms with E-state index < -0.39 is 0 Å². The fourth-order valence-corrected chi connectivity index (χ4v) is 0. The minimum atomic E-state index is 0. The molecule has 0 heterocycles. The summed E-state index contributed by atoms with van der Waals surface area (Å²) in [5, 5.41) is 31.2. The van der Waals surface area contributed by atoms with E-state index in [2.05, 4.69) is 5.59 Å². The molecule has 0 unspecified atom stereocenters. The van der Waals surface area contributed by atoms with Gasteiger partial charge in [-0.2, -0.15) is 0 Å². The van der Waals surface area contributed by atoms with Gasteiger partial charge in [-0.25, -0.2) is 0 Å². The Labute approximate surface area is 144 Å². The van der Waals surface area contributed by atoms with Gasteiger partial charge in [-0.3, -0.25) is 0 Å². The van der Waals surface area contributed by atoms with Crippen LogP contribution in [0.4, 0.5) is 0 Å². The smallest absolute Gasteiger partial charge is 0.512 e. The first-order chi connectivity index (χ1) is 6.00. The third kappa shape index (κ3) is 9800. The number of nitrogens with two attached hydrogens (primary N) is 1. The van der Waals surface area contributed by atoms with Crippen LogP contribution in [0.15, 0.2) is 0 Å². The molecule has 15 heavy (non-hydrogen) atoms. The normalized spacial score (nSPS) is 0.933. The molecule has 0 aliphatic rings. The van der Waals surface area contributed by atoms with E-state index in [0.717, 1.165) is 0 Å². The summed E-state index contributed by atoms with van der Waals surface area (Å²) in [6, 6.07) is 0. The molecule has 0 aromatic carbocycles. The molecule has 0 saturated heterocycles. The molecule has 0 bridgehead atoms. The van der Waals surface area contributed by atoms with Gasteiger partial charge in [0, 0.05) is 4.91 Å². The number of nitroso groups, excluding NO2 is 1. The van der Waals surface area contributed by atoms with Crippen molar-refractivity contribution in [1.82, 2.24) is 0 Å². The molecule has 67 valence electrons. The average molecular weight is 264 g/mol. The van der Waals surface area contributed by atoms with Crippen molar-refractivity contribution >= 4 is 0 Å². The SMILES string of the molecule is [C-]#N.[C-]#N.[C-]#N.[C-]#N.[C-]#N.[Fe+3].[NH2+]=O.[Na+].[Na+]. The summed E-state index contributed by atoms with van der Waals surface area (Å²) in [7, 11) is 0. The fourth-order valence-electron chi connectivity index (χ4n) is 0. The Bertz CT molecular complexity index is 98.9. The zero-order chi connectivity index (χ0) is 12.0. The number of hydrogen-bond acceptors (Lipinski definition) is 6. The summed E-state index contributed by atoms with van der Waals surface area (Å²) in [5.41, 5.74) is 3.25. The fraction of sp³-hybridized carbons (Fsp3) is 0. The predicted octanol–water partition coefficient (Wildman–Crippen LogP) is -7.00. The van der Waals surface area contributed by atoms with Crippen LogP contribution in [0, 0.1) is 64.1 Å². The average Bonchev–Trinajstić information content (AvgIpc) is 2.33. The summed E-state index contributed by atoms with van der Waals surface area (Å²) < 4.78 is 0. The molecule has 7 nitrogen and oxygen atoms in total. The van der Waals surface area contributed by atoms with Crippen molar-refractivity contribution in [2.75, 3.05) is 0 Å². The zero-order valence-corrected chi connectivity index (χ0v) is 13.2. The van der Waals surface area contributed by atoms with Crippen LogP contribution in [0.25, 0.3) is 0 Å². The van der Waals surface area contributed by atoms with Crippen LogP contribution in [0.3, 0.4) is 0 Å². The molecule has 0 rings (SSSR count). The van der Waals surface area contributed by atoms with Gasteiger partial charge in [0.2, 0.25) is 0 Å². The summed E-state index contributed by atoms with van der Waals surface area (Å²) in [4.78, 5) is 7.75. The Morgan fingerprint density at radius 1 is 0.533 bits per heavy atom. The summed E-state index contributed by atoms with van der Waals surface area (Å²) >= 11 is 0. The maximum atomic E-state index is 7.75. The Balaban J connectivity index is -0.00000000396. The third-order valence-electron chi connectivity index (χ3n) is 0. The molecular formula is C5H2FeN6Na2O+. The van der Waals surface area contributed by atoms with Crippen LogP contribution in [-0.4, -0.2) is 0 Å². The van der Waals surface area contributed by atoms with Gasteiger partial charge in [0.05, 0.1) is 0 Å². The van der Waals surface area contributed by atoms with Crippen LogP contribution in [0.2, 0.25) is 0 Å². The van der Waals surface area contributed by atoms with Gasteiger partial charge in [0.15, 0.2) is 0 Å². The molecule has 2 N–H and O–H groups in total. The van der Waals surface area contributed by atoms with Gasteiger partial charge in [-0.1, -0.05) is 0 Å². The standard InChI is InChI=1S/5CN.Fe.H2NO.2Na/c5*1-2;;1-2;;/h;;;;;;1H2;;/q5*-1;+3;3*+1. The van der Waals surface area contributed by atoms with E-state index in [4.69, 9.17) is 64.1 Å². The molecule has 0 atom stereocenters. The zero-order valence-electron chi connectivity index (χ0n) is 8.08. The quantitative estimate of drug-likeness (QED) is 0.337. The Kier molecular flexibility index (Phi) is 66700. The molecule has 1 radical (unpaired) electrons. The molecule has 10 heteroatoms. The Morgan fingerprint density at radius 2 is 0.533 bits per heavy atom. The Hall–Kier alpha value is -0.431. The van der Waals surface area contributed by atoms with Crippen molar-refractivity contribution in [3.05, 3.63) is 37.8 Å². The minimum absolute atomic E-state index is 0. The van der Waals surface area contributed by atoms with Gasteiger partial charge in [-0.15, -0.1) is 0 Å². The monoisotopic (exact) mass is 264 g/mol. The van der Waals surface area contributed by atoms with Crippen molar-refractivity contribution in [2.45, 2.75) is 0 Å². The third-order valence-corrected chi connectivity index (χ3v) is 0. The molecule has 0 aliphatic carbocycles. The van der Waals surface area contributed by atoms with Crippen LogP contribution in [0.1, 0.15) is 0 Å². The molecule has 0 fully saturated rings. The molecule has 0 spiro atoms. The van der Waals surface area contributed by atoms with Crippen molar-refractivity contribution in [3.63, 3.8) is 0 Å². The van der Waals surface area contributed by atoms with E-state index in [-0.39, 0.29) is 76.2 Å². The van der Waals surface area contributed by atoms with Crippen LogP contribution < -0.4 is 64.7 Å². The van der Waals surface area contributed by atoms with Gasteiger partial charge in [0.1, 0.15) is 0 Å². The van der Waals surface area contributed by atoms with Gasteiger partial charge in [-0.05, 0) is 5.59 Å². The summed E-state index contributed by atoms with van der Waals surface area (Å²) in [6.45, 7) is 23.8. The second-order valence-electron chi connectivity index (χ2n) is 0. The van der Waals surface area contributed by atoms with Gasteiger partial charge >= 0.3 is 76.2 Å². The van der Waals surface area contributed by atoms with Crippen LogP contribution >= 0.6 is 0 Å². The van der Waals surface area contributed by atoms with Crippen LogP contribution in [0.5, 0.6) is 0 Å². The van der Waals surface area contributed by atoms with Crippen molar-refractivity contribution in [2.24, 2.45) is 0 Å². The van der Waals surface area contributed by atoms with E-state index >= 15 is 0 Å². The topological polar surface area (TPSA) is 162 Å². The molecule has 0 amide bonds. The Morgan fingerprint density at radius 3 is 0.533 bits per heavy atom. The second-order valence-corrected chi connectivity index (χ2v) is 0. The van der Waals surface area contributed by atoms with E-state index in [9.17, 15) is 0 Å². The first-order valence-corrected chi connectivity index (χ1v) is 1.35. The molecule has 0 aliphatic heterocycles. The minimum Gasteiger partial charge on any atom is -0.512 e. The van der Waals surface area contributed by atoms with Crippen molar-refractivity contribution in [1.29, 1.82) is 26.3 Å². The second kappa shape index (κ2) is 11600. The van der Waals surface area contributed by atoms with Crippen molar-refractivity contribution < 1.29 is 81.8 Å². The summed E-state index contributed by atoms with van der Waals surface area (Å²) in [5.74, 6) is 0. The van der Waals surface area contributed by atoms with E-state index in [1.54, 1.807) is 0 Å². The summed E-state index contributed by atoms with van der Waals surface area (Å²) in [6.07, 6.45) is 0. The van der Waals surface area contributed by atoms with Crippen molar-refractivity contribution in [3.8, 4) is 0 Å². The van der Waals surface area contributed by atoms with E-state index in [1.165, 1.54) is 0 Å². The number of nitrogens with zero attached hydrogens (tertiary/aromatic N) is 5. The first-order valence-electron chi connectivity index (χ1n) is 1.35. The van der Waals surface area contributed by atoms with E-state index in [1.807, 2.05) is 0 Å². The molecule has 0 aromatic rings. The van der Waals surface area contributed by atoms with Gasteiger partial charge < -0.3 is 59.2 Å². The number of hydrogen-bond donors (Lipinski definition) is 1. The first kappa shape index (κ1) is 86.5. The molecular weight excluding hydrogens is 262 g/mol. The maximum absolute atomic E-state index is 7.75. The van der Waals surface area contributed by atoms with Crippen LogP contribution in [-0.2, 0) is 17.1 Å².